The number of nitro benzene ring substituents is 2. The highest BCUT2D eigenvalue weighted by atomic mass is 19.4. The fourth-order valence-electron chi connectivity index (χ4n) is 1.82. The Morgan fingerprint density at radius 1 is 1.15 bits per heavy atom. The average Bonchev–Trinajstić information content (AvgIpc) is 2.51. The predicted molar refractivity (Wildman–Crippen MR) is 76.6 cm³/mol. The quantitative estimate of drug-likeness (QED) is 0.222. The topological polar surface area (TPSA) is 122 Å². The number of rotatable bonds is 6. The third kappa shape index (κ3) is 4.98. The van der Waals surface area contributed by atoms with Crippen molar-refractivity contribution in [1.29, 1.82) is 0 Å². The van der Waals surface area contributed by atoms with Gasteiger partial charge in [-0.2, -0.15) is 22.0 Å². The monoisotopic (exact) mass is 402 g/mol. The van der Waals surface area contributed by atoms with Crippen molar-refractivity contribution in [1.82, 2.24) is 0 Å². The number of carbonyl (C=O) groups is 1. The van der Waals surface area contributed by atoms with E-state index in [2.05, 4.69) is 9.47 Å². The van der Waals surface area contributed by atoms with Crippen LogP contribution in [0.1, 0.15) is 31.7 Å². The Morgan fingerprint density at radius 2 is 1.70 bits per heavy atom. The molecule has 9 nitrogen and oxygen atoms in total. The van der Waals surface area contributed by atoms with Gasteiger partial charge in [0.1, 0.15) is 0 Å². The molecule has 14 heteroatoms. The molecule has 1 atom stereocenters. The number of non-ortho nitro benzene ring substituents is 1. The molecule has 0 N–H and O–H groups in total. The van der Waals surface area contributed by atoms with E-state index in [-0.39, 0.29) is 12.0 Å². The van der Waals surface area contributed by atoms with Gasteiger partial charge in [-0.05, 0) is 12.3 Å². The van der Waals surface area contributed by atoms with Gasteiger partial charge in [0, 0.05) is 11.6 Å². The molecule has 0 amide bonds. The second-order valence-corrected chi connectivity index (χ2v) is 5.18. The number of alkyl halides is 5. The van der Waals surface area contributed by atoms with Crippen molar-refractivity contribution in [2.45, 2.75) is 38.5 Å². The molecule has 0 aliphatic rings. The van der Waals surface area contributed by atoms with Crippen molar-refractivity contribution < 1.29 is 46.1 Å². The first-order chi connectivity index (χ1) is 12.2. The average molecular weight is 402 g/mol. The zero-order valence-electron chi connectivity index (χ0n) is 13.6. The van der Waals surface area contributed by atoms with Gasteiger partial charge in [0.25, 0.3) is 5.69 Å². The van der Waals surface area contributed by atoms with Gasteiger partial charge < -0.3 is 9.47 Å². The molecule has 150 valence electrons. The maximum absolute atomic E-state index is 12.8. The molecule has 0 aromatic heterocycles. The van der Waals surface area contributed by atoms with Gasteiger partial charge in [-0.25, -0.2) is 4.79 Å². The van der Waals surface area contributed by atoms with Crippen LogP contribution in [0.4, 0.5) is 38.1 Å². The lowest BCUT2D eigenvalue weighted by Crippen LogP contribution is -2.41. The lowest BCUT2D eigenvalue weighted by atomic mass is 9.96. The maximum Gasteiger partial charge on any atom is 0.519 e. The summed E-state index contributed by atoms with van der Waals surface area (Å²) in [7, 11) is 0. The van der Waals surface area contributed by atoms with Gasteiger partial charge >= 0.3 is 24.1 Å². The lowest BCUT2D eigenvalue weighted by Gasteiger charge is -2.19. The van der Waals surface area contributed by atoms with Crippen LogP contribution in [0.3, 0.4) is 0 Å². The van der Waals surface area contributed by atoms with Gasteiger partial charge in [0.15, 0.2) is 0 Å². The first kappa shape index (κ1) is 22.0. The van der Waals surface area contributed by atoms with Crippen molar-refractivity contribution in [2.75, 3.05) is 0 Å². The van der Waals surface area contributed by atoms with Gasteiger partial charge in [0.05, 0.1) is 15.9 Å². The fourth-order valence-corrected chi connectivity index (χ4v) is 1.82. The van der Waals surface area contributed by atoms with Crippen molar-refractivity contribution >= 4 is 17.5 Å². The molecule has 0 spiro atoms. The van der Waals surface area contributed by atoms with Gasteiger partial charge in [-0.1, -0.05) is 13.8 Å². The number of benzene rings is 1. The molecule has 1 rings (SSSR count). The molecule has 1 aromatic rings. The number of carbonyl (C=O) groups excluding carboxylic acids is 1. The lowest BCUT2D eigenvalue weighted by molar-refractivity contribution is -0.395. The van der Waals surface area contributed by atoms with E-state index in [0.29, 0.717) is 6.07 Å². The first-order valence-corrected chi connectivity index (χ1v) is 7.03. The zero-order chi connectivity index (χ0) is 21.2. The van der Waals surface area contributed by atoms with Crippen molar-refractivity contribution in [3.8, 4) is 5.75 Å². The summed E-state index contributed by atoms with van der Waals surface area (Å²) in [6.45, 7) is 2.96. The van der Waals surface area contributed by atoms with Crippen LogP contribution in [0, 0.1) is 20.2 Å². The molecule has 0 aliphatic carbocycles. The Bertz CT molecular complexity index is 766. The summed E-state index contributed by atoms with van der Waals surface area (Å²) in [6, 6.07) is 1.15. The van der Waals surface area contributed by atoms with E-state index in [9.17, 15) is 47.0 Å². The number of ether oxygens (including phenoxy) is 2. The van der Waals surface area contributed by atoms with E-state index in [1.54, 1.807) is 6.92 Å². The molecular weight excluding hydrogens is 391 g/mol. The molecule has 0 heterocycles. The van der Waals surface area contributed by atoms with E-state index in [1.165, 1.54) is 6.92 Å². The van der Waals surface area contributed by atoms with Crippen molar-refractivity contribution in [3.63, 3.8) is 0 Å². The molecule has 1 aromatic carbocycles. The largest absolute Gasteiger partial charge is 0.519 e. The van der Waals surface area contributed by atoms with Crippen LogP contribution in [0.2, 0.25) is 0 Å². The standard InChI is InChI=1S/C13H11F5N2O7/c1-3-6(2)8-4-7(19(22)23)5-9(20(24)25)10(8)26-11(21)27-13(17,18)12(14,15)16/h4-6H,3H2,1-2H3. The van der Waals surface area contributed by atoms with Crippen LogP contribution in [-0.4, -0.2) is 28.3 Å². The molecule has 0 fully saturated rings. The summed E-state index contributed by atoms with van der Waals surface area (Å²) in [6.07, 6.45) is -14.5. The van der Waals surface area contributed by atoms with Crippen LogP contribution in [0.15, 0.2) is 12.1 Å². The molecule has 0 saturated carbocycles. The fraction of sp³-hybridized carbons (Fsp3) is 0.462. The Balaban J connectivity index is 3.42. The summed E-state index contributed by atoms with van der Waals surface area (Å²) in [5.41, 5.74) is -2.25. The Labute approximate surface area is 147 Å². The van der Waals surface area contributed by atoms with Crippen LogP contribution in [-0.2, 0) is 4.74 Å². The van der Waals surface area contributed by atoms with Crippen LogP contribution in [0.25, 0.3) is 0 Å². The van der Waals surface area contributed by atoms with Crippen LogP contribution < -0.4 is 4.74 Å². The van der Waals surface area contributed by atoms with E-state index in [4.69, 9.17) is 0 Å². The molecular formula is C13H11F5N2O7. The van der Waals surface area contributed by atoms with E-state index < -0.39 is 51.3 Å². The van der Waals surface area contributed by atoms with Crippen molar-refractivity contribution in [2.24, 2.45) is 0 Å². The summed E-state index contributed by atoms with van der Waals surface area (Å²) in [5.74, 6) is -1.74. The van der Waals surface area contributed by atoms with Gasteiger partial charge in [-0.15, -0.1) is 0 Å². The molecule has 0 saturated heterocycles. The SMILES string of the molecule is CCC(C)c1cc([N+](=O)[O-])cc([N+](=O)[O-])c1OC(=O)OC(F)(F)C(F)(F)F. The van der Waals surface area contributed by atoms with E-state index in [1.807, 2.05) is 0 Å². The Hall–Kier alpha value is -3.06. The Kier molecular flexibility index (Phi) is 6.25. The summed E-state index contributed by atoms with van der Waals surface area (Å²) >= 11 is 0. The predicted octanol–water partition coefficient (Wildman–Crippen LogP) is 4.69. The molecule has 1 unspecified atom stereocenters. The van der Waals surface area contributed by atoms with Crippen LogP contribution in [0.5, 0.6) is 5.75 Å². The highest BCUT2D eigenvalue weighted by molar-refractivity contribution is 5.70. The normalized spacial score (nSPS) is 13.0. The smallest absolute Gasteiger partial charge is 0.387 e. The number of nitrogens with zero attached hydrogens (tertiary/aromatic N) is 2. The third-order valence-corrected chi connectivity index (χ3v) is 3.36. The van der Waals surface area contributed by atoms with E-state index >= 15 is 0 Å². The second kappa shape index (κ2) is 7.67. The highest BCUT2D eigenvalue weighted by Gasteiger charge is 2.62. The van der Waals surface area contributed by atoms with Crippen LogP contribution >= 0.6 is 0 Å². The van der Waals surface area contributed by atoms with E-state index in [0.717, 1.165) is 6.07 Å². The summed E-state index contributed by atoms with van der Waals surface area (Å²) in [5, 5.41) is 22.0. The molecule has 0 radical (unpaired) electrons. The number of hydrogen-bond donors (Lipinski definition) is 0. The first-order valence-electron chi connectivity index (χ1n) is 7.03. The van der Waals surface area contributed by atoms with Gasteiger partial charge in [0.2, 0.25) is 5.75 Å². The second-order valence-electron chi connectivity index (χ2n) is 5.18. The minimum absolute atomic E-state index is 0.211. The molecule has 27 heavy (non-hydrogen) atoms. The number of nitro groups is 2. The maximum atomic E-state index is 12.8. The zero-order valence-corrected chi connectivity index (χ0v) is 13.6. The number of halogens is 5. The Morgan fingerprint density at radius 3 is 2.11 bits per heavy atom. The molecule has 0 bridgehead atoms. The summed E-state index contributed by atoms with van der Waals surface area (Å²) in [4.78, 5) is 31.1. The molecule has 0 aliphatic heterocycles. The third-order valence-electron chi connectivity index (χ3n) is 3.36. The minimum atomic E-state index is -6.24. The summed E-state index contributed by atoms with van der Waals surface area (Å²) < 4.78 is 68.9. The van der Waals surface area contributed by atoms with Gasteiger partial charge in [-0.3, -0.25) is 20.2 Å². The minimum Gasteiger partial charge on any atom is -0.387 e. The highest BCUT2D eigenvalue weighted by Crippen LogP contribution is 2.41. The number of hydrogen-bond acceptors (Lipinski definition) is 7. The van der Waals surface area contributed by atoms with Crippen molar-refractivity contribution in [3.05, 3.63) is 37.9 Å².